The number of para-hydroxylation sites is 1. The molecular weight excluding hydrogens is 516 g/mol. The number of aliphatic hydroxyl groups excluding tert-OH is 1. The van der Waals surface area contributed by atoms with Crippen molar-refractivity contribution in [1.82, 2.24) is 9.97 Å². The maximum atomic E-state index is 12.9. The van der Waals surface area contributed by atoms with E-state index in [-0.39, 0.29) is 16.7 Å². The van der Waals surface area contributed by atoms with Crippen molar-refractivity contribution in [2.24, 2.45) is 0 Å². The molecule has 3 N–H and O–H groups in total. The number of pyridine rings is 1. The molecule has 0 spiro atoms. The van der Waals surface area contributed by atoms with Crippen molar-refractivity contribution in [3.05, 3.63) is 107 Å². The second-order valence-electron chi connectivity index (χ2n) is 9.51. The zero-order chi connectivity index (χ0) is 26.3. The number of fused-ring (bicyclic) bond motifs is 2. The Balaban J connectivity index is 1.26. The number of aromatic nitrogens is 2. The van der Waals surface area contributed by atoms with Gasteiger partial charge in [-0.1, -0.05) is 60.2 Å². The molecule has 2 heterocycles. The molecule has 5 aromatic rings. The normalized spacial score (nSPS) is 16.9. The van der Waals surface area contributed by atoms with Crippen LogP contribution in [0, 0.1) is 6.92 Å². The fraction of sp³-hybridized carbons (Fsp3) is 0.172. The Morgan fingerprint density at radius 3 is 2.61 bits per heavy atom. The van der Waals surface area contributed by atoms with E-state index in [1.165, 1.54) is 11.3 Å². The van der Waals surface area contributed by atoms with Gasteiger partial charge in [0.2, 0.25) is 0 Å². The van der Waals surface area contributed by atoms with Gasteiger partial charge in [0, 0.05) is 28.9 Å². The number of hydrogen-bond acceptors (Lipinski definition) is 8. The minimum absolute atomic E-state index is 0.175. The summed E-state index contributed by atoms with van der Waals surface area (Å²) >= 11 is 1.33. The lowest BCUT2D eigenvalue weighted by Crippen LogP contribution is -2.21. The van der Waals surface area contributed by atoms with Gasteiger partial charge >= 0.3 is 0 Å². The molecule has 0 aliphatic heterocycles. The number of thiazole rings is 1. The smallest absolute Gasteiger partial charge is 0.188 e. The van der Waals surface area contributed by atoms with E-state index in [0.717, 1.165) is 33.3 Å². The van der Waals surface area contributed by atoms with Gasteiger partial charge in [0.05, 0.1) is 34.0 Å². The van der Waals surface area contributed by atoms with Crippen LogP contribution in [0.4, 0.5) is 16.6 Å². The lowest BCUT2D eigenvalue weighted by atomic mass is 10.1. The third-order valence-corrected chi connectivity index (χ3v) is 9.21. The van der Waals surface area contributed by atoms with Crippen molar-refractivity contribution in [2.75, 3.05) is 10.6 Å². The molecule has 0 saturated carbocycles. The Morgan fingerprint density at radius 2 is 1.76 bits per heavy atom. The number of rotatable bonds is 7. The molecule has 1 aliphatic carbocycles. The van der Waals surface area contributed by atoms with Crippen molar-refractivity contribution < 1.29 is 13.5 Å². The highest BCUT2D eigenvalue weighted by atomic mass is 32.2. The Morgan fingerprint density at radius 1 is 1.00 bits per heavy atom. The predicted octanol–water partition coefficient (Wildman–Crippen LogP) is 5.79. The lowest BCUT2D eigenvalue weighted by molar-refractivity contribution is 0.166. The molecule has 38 heavy (non-hydrogen) atoms. The van der Waals surface area contributed by atoms with Gasteiger partial charge in [-0.05, 0) is 36.2 Å². The van der Waals surface area contributed by atoms with Gasteiger partial charge in [-0.3, -0.25) is 0 Å². The summed E-state index contributed by atoms with van der Waals surface area (Å²) in [7, 11) is -3.50. The van der Waals surface area contributed by atoms with Gasteiger partial charge in [-0.25, -0.2) is 18.4 Å². The van der Waals surface area contributed by atoms with Crippen LogP contribution in [-0.4, -0.2) is 29.6 Å². The fourth-order valence-electron chi connectivity index (χ4n) is 4.84. The molecule has 7 nitrogen and oxygen atoms in total. The van der Waals surface area contributed by atoms with Gasteiger partial charge in [-0.15, -0.1) is 11.3 Å². The first-order valence-corrected chi connectivity index (χ1v) is 14.8. The van der Waals surface area contributed by atoms with Gasteiger partial charge in [0.15, 0.2) is 15.0 Å². The zero-order valence-electron chi connectivity index (χ0n) is 20.6. The third kappa shape index (κ3) is 4.88. The number of sulfone groups is 1. The van der Waals surface area contributed by atoms with Crippen LogP contribution in [-0.2, 0) is 22.0 Å². The van der Waals surface area contributed by atoms with Crippen LogP contribution < -0.4 is 10.6 Å². The maximum Gasteiger partial charge on any atom is 0.188 e. The van der Waals surface area contributed by atoms with Crippen LogP contribution in [0.5, 0.6) is 0 Å². The van der Waals surface area contributed by atoms with Crippen LogP contribution in [0.15, 0.2) is 89.1 Å². The second kappa shape index (κ2) is 9.83. The lowest BCUT2D eigenvalue weighted by Gasteiger charge is -2.21. The first kappa shape index (κ1) is 24.5. The molecule has 0 saturated heterocycles. The van der Waals surface area contributed by atoms with Crippen LogP contribution >= 0.6 is 11.3 Å². The molecule has 0 fully saturated rings. The maximum absolute atomic E-state index is 12.9. The Bertz CT molecular complexity index is 1730. The molecular formula is C29H26N4O3S2. The zero-order valence-corrected chi connectivity index (χ0v) is 22.3. The summed E-state index contributed by atoms with van der Waals surface area (Å²) in [5, 5.41) is 20.8. The molecule has 1 aliphatic rings. The van der Waals surface area contributed by atoms with Crippen molar-refractivity contribution in [1.29, 1.82) is 0 Å². The molecule has 0 radical (unpaired) electrons. The Kier molecular flexibility index (Phi) is 6.35. The van der Waals surface area contributed by atoms with E-state index in [1.54, 1.807) is 29.6 Å². The predicted molar refractivity (Wildman–Crippen MR) is 152 cm³/mol. The number of nitrogens with zero attached hydrogens (tertiary/aromatic N) is 2. The second-order valence-corrected chi connectivity index (χ2v) is 12.4. The minimum Gasteiger partial charge on any atom is -0.390 e. The van der Waals surface area contributed by atoms with Crippen molar-refractivity contribution >= 4 is 48.7 Å². The average molecular weight is 543 g/mol. The topological polar surface area (TPSA) is 104 Å². The number of hydrogen-bond donors (Lipinski definition) is 3. The first-order chi connectivity index (χ1) is 18.4. The van der Waals surface area contributed by atoms with Crippen LogP contribution in [0.2, 0.25) is 0 Å². The highest BCUT2D eigenvalue weighted by molar-refractivity contribution is 7.90. The van der Waals surface area contributed by atoms with Gasteiger partial charge in [-0.2, -0.15) is 0 Å². The Hall–Kier alpha value is -3.79. The molecule has 192 valence electrons. The SMILES string of the molecule is Cc1ccc(S(=O)(=O)Cc2csc(Nc3cc(NC4c5ccccc5CC4O)c4ccccc4n3)n2)cc1. The van der Waals surface area contributed by atoms with Crippen LogP contribution in [0.25, 0.3) is 10.9 Å². The summed E-state index contributed by atoms with van der Waals surface area (Å²) in [6, 6.07) is 24.4. The summed E-state index contributed by atoms with van der Waals surface area (Å²) < 4.78 is 25.7. The minimum atomic E-state index is -3.50. The molecule has 2 aromatic heterocycles. The Labute approximate surface area is 225 Å². The molecule has 2 atom stereocenters. The number of aryl methyl sites for hydroxylation is 1. The fourth-order valence-corrected chi connectivity index (χ4v) is 6.92. The summed E-state index contributed by atoms with van der Waals surface area (Å²) in [6.45, 7) is 1.92. The highest BCUT2D eigenvalue weighted by Crippen LogP contribution is 2.37. The van der Waals surface area contributed by atoms with Crippen molar-refractivity contribution in [2.45, 2.75) is 36.1 Å². The van der Waals surface area contributed by atoms with Crippen LogP contribution in [0.3, 0.4) is 0 Å². The summed E-state index contributed by atoms with van der Waals surface area (Å²) in [5.74, 6) is 0.403. The molecule has 9 heteroatoms. The van der Waals surface area contributed by atoms with E-state index in [1.807, 2.05) is 55.5 Å². The summed E-state index contributed by atoms with van der Waals surface area (Å²) in [5.41, 5.74) is 5.35. The summed E-state index contributed by atoms with van der Waals surface area (Å²) in [4.78, 5) is 9.55. The standard InChI is InChI=1S/C29H26N4O3S2/c1-18-10-12-21(13-11-18)38(35,36)17-20-16-37-29(30-20)33-27-15-25(23-8-4-5-9-24(23)31-27)32-28-22-7-3-2-6-19(22)14-26(28)34/h2-13,15-16,26,28,34H,14,17H2,1H3,(H2,30,31,32,33). The van der Waals surface area contributed by atoms with Gasteiger partial charge < -0.3 is 15.7 Å². The van der Waals surface area contributed by atoms with Crippen LogP contribution in [0.1, 0.15) is 28.4 Å². The number of aliphatic hydroxyl groups is 1. The quantitative estimate of drug-likeness (QED) is 0.239. The van der Waals surface area contributed by atoms with E-state index in [0.29, 0.717) is 23.1 Å². The monoisotopic (exact) mass is 542 g/mol. The van der Waals surface area contributed by atoms with Gasteiger partial charge in [0.25, 0.3) is 0 Å². The largest absolute Gasteiger partial charge is 0.390 e. The molecule has 0 amide bonds. The molecule has 3 aromatic carbocycles. The average Bonchev–Trinajstić information content (AvgIpc) is 3.46. The van der Waals surface area contributed by atoms with E-state index in [2.05, 4.69) is 21.7 Å². The third-order valence-electron chi connectivity index (χ3n) is 6.74. The van der Waals surface area contributed by atoms with Crippen molar-refractivity contribution in [3.8, 4) is 0 Å². The molecule has 2 unspecified atom stereocenters. The summed E-state index contributed by atoms with van der Waals surface area (Å²) in [6.07, 6.45) is 0.0720. The van der Waals surface area contributed by atoms with Gasteiger partial charge in [0.1, 0.15) is 5.82 Å². The number of anilines is 3. The van der Waals surface area contributed by atoms with E-state index in [4.69, 9.17) is 4.98 Å². The van der Waals surface area contributed by atoms with E-state index in [9.17, 15) is 13.5 Å². The molecule has 0 bridgehead atoms. The first-order valence-electron chi connectivity index (χ1n) is 12.3. The van der Waals surface area contributed by atoms with E-state index < -0.39 is 15.9 Å². The van der Waals surface area contributed by atoms with E-state index >= 15 is 0 Å². The van der Waals surface area contributed by atoms with Crippen molar-refractivity contribution in [3.63, 3.8) is 0 Å². The number of benzene rings is 3. The highest BCUT2D eigenvalue weighted by Gasteiger charge is 2.31. The molecule has 6 rings (SSSR count). The number of nitrogens with one attached hydrogen (secondary N) is 2.